The Morgan fingerprint density at radius 2 is 1.92 bits per heavy atom. The second kappa shape index (κ2) is 7.64. The maximum absolute atomic E-state index is 12.8. The minimum atomic E-state index is -0.394. The number of hydrogen-bond acceptors (Lipinski definition) is 2. The van der Waals surface area contributed by atoms with Crippen LogP contribution in [0.3, 0.4) is 0 Å². The molecule has 0 fully saturated rings. The number of pyridine rings is 1. The van der Waals surface area contributed by atoms with Crippen LogP contribution in [-0.2, 0) is 6.54 Å². The lowest BCUT2D eigenvalue weighted by molar-refractivity contribution is 0.0938. The molecule has 0 bridgehead atoms. The lowest BCUT2D eigenvalue weighted by Crippen LogP contribution is -2.31. The summed E-state index contributed by atoms with van der Waals surface area (Å²) in [5, 5.41) is 3.82. The number of nitrogens with one attached hydrogen (secondary N) is 1. The van der Waals surface area contributed by atoms with Gasteiger partial charge in [0, 0.05) is 27.6 Å². The van der Waals surface area contributed by atoms with Crippen LogP contribution in [0.2, 0.25) is 5.02 Å². The Bertz CT molecular complexity index is 1030. The normalized spacial score (nSPS) is 12.2. The van der Waals surface area contributed by atoms with Crippen LogP contribution in [0.15, 0.2) is 57.9 Å². The van der Waals surface area contributed by atoms with Gasteiger partial charge in [-0.15, -0.1) is 0 Å². The van der Waals surface area contributed by atoms with Crippen molar-refractivity contribution in [1.29, 1.82) is 0 Å². The monoisotopic (exact) mass is 432 g/mol. The highest BCUT2D eigenvalue weighted by Gasteiger charge is 2.18. The van der Waals surface area contributed by atoms with Crippen molar-refractivity contribution >= 4 is 44.3 Å². The van der Waals surface area contributed by atoms with Crippen molar-refractivity contribution in [1.82, 2.24) is 9.88 Å². The third kappa shape index (κ3) is 3.69. The Kier molecular flexibility index (Phi) is 5.49. The van der Waals surface area contributed by atoms with Crippen LogP contribution >= 0.6 is 27.5 Å². The Balaban J connectivity index is 1.98. The van der Waals surface area contributed by atoms with Crippen LogP contribution in [0.4, 0.5) is 0 Å². The Labute approximate surface area is 164 Å². The molecule has 0 aliphatic rings. The van der Waals surface area contributed by atoms with Gasteiger partial charge in [-0.2, -0.15) is 0 Å². The first kappa shape index (κ1) is 18.7. The number of carbonyl (C=O) groups excluding carboxylic acids is 1. The fourth-order valence-corrected chi connectivity index (χ4v) is 3.34. The highest BCUT2D eigenvalue weighted by molar-refractivity contribution is 9.10. The standard InChI is InChI=1S/C20H18BrClN2O2/c1-3-24-11-17(19(25)16-10-15(22)8-9-18(16)24)20(26)23-12(2)13-4-6-14(21)7-5-13/h4-12H,3H2,1-2H3,(H,23,26). The average molecular weight is 434 g/mol. The van der Waals surface area contributed by atoms with Gasteiger partial charge in [0.1, 0.15) is 5.56 Å². The van der Waals surface area contributed by atoms with Crippen LogP contribution in [0.5, 0.6) is 0 Å². The molecule has 0 aliphatic carbocycles. The number of halogens is 2. The average Bonchev–Trinajstić information content (AvgIpc) is 2.62. The van der Waals surface area contributed by atoms with Crippen LogP contribution in [0.25, 0.3) is 10.9 Å². The number of amides is 1. The van der Waals surface area contributed by atoms with E-state index in [0.717, 1.165) is 15.6 Å². The summed E-state index contributed by atoms with van der Waals surface area (Å²) in [5.41, 5.74) is 1.53. The molecule has 26 heavy (non-hydrogen) atoms. The summed E-state index contributed by atoms with van der Waals surface area (Å²) in [6.07, 6.45) is 1.61. The second-order valence-electron chi connectivity index (χ2n) is 6.07. The van der Waals surface area contributed by atoms with Gasteiger partial charge in [-0.25, -0.2) is 0 Å². The molecule has 1 amide bonds. The Morgan fingerprint density at radius 1 is 1.23 bits per heavy atom. The number of rotatable bonds is 4. The van der Waals surface area contributed by atoms with E-state index in [1.54, 1.807) is 24.4 Å². The summed E-state index contributed by atoms with van der Waals surface area (Å²) in [6, 6.07) is 12.6. The molecule has 1 N–H and O–H groups in total. The zero-order valence-electron chi connectivity index (χ0n) is 14.4. The first-order valence-electron chi connectivity index (χ1n) is 8.29. The number of benzene rings is 2. The van der Waals surface area contributed by atoms with Gasteiger partial charge in [-0.1, -0.05) is 39.7 Å². The van der Waals surface area contributed by atoms with E-state index in [0.29, 0.717) is 17.0 Å². The molecule has 4 nitrogen and oxygen atoms in total. The number of fused-ring (bicyclic) bond motifs is 1. The molecule has 0 saturated carbocycles. The van der Waals surface area contributed by atoms with E-state index < -0.39 is 5.91 Å². The van der Waals surface area contributed by atoms with E-state index in [-0.39, 0.29) is 17.0 Å². The minimum Gasteiger partial charge on any atom is -0.347 e. The van der Waals surface area contributed by atoms with E-state index in [9.17, 15) is 9.59 Å². The van der Waals surface area contributed by atoms with Crippen molar-refractivity contribution in [2.75, 3.05) is 0 Å². The first-order chi connectivity index (χ1) is 12.4. The molecule has 0 spiro atoms. The van der Waals surface area contributed by atoms with Crippen molar-refractivity contribution < 1.29 is 4.79 Å². The Morgan fingerprint density at radius 3 is 2.58 bits per heavy atom. The molecule has 1 atom stereocenters. The molecule has 0 aliphatic heterocycles. The van der Waals surface area contributed by atoms with Gasteiger partial charge in [0.05, 0.1) is 11.6 Å². The third-order valence-corrected chi connectivity index (χ3v) is 5.11. The summed E-state index contributed by atoms with van der Waals surface area (Å²) < 4.78 is 2.85. The van der Waals surface area contributed by atoms with Gasteiger partial charge in [0.2, 0.25) is 5.43 Å². The molecular formula is C20H18BrClN2O2. The summed E-state index contributed by atoms with van der Waals surface area (Å²) in [7, 11) is 0. The van der Waals surface area contributed by atoms with Gasteiger partial charge in [0.25, 0.3) is 5.91 Å². The molecule has 3 aromatic rings. The summed E-state index contributed by atoms with van der Waals surface area (Å²) in [4.78, 5) is 25.6. The highest BCUT2D eigenvalue weighted by Crippen LogP contribution is 2.19. The van der Waals surface area contributed by atoms with E-state index in [1.807, 2.05) is 42.7 Å². The van der Waals surface area contributed by atoms with Crippen molar-refractivity contribution in [3.63, 3.8) is 0 Å². The Hall–Kier alpha value is -2.11. The molecule has 0 saturated heterocycles. The molecule has 134 valence electrons. The van der Waals surface area contributed by atoms with E-state index in [4.69, 9.17) is 11.6 Å². The van der Waals surface area contributed by atoms with Gasteiger partial charge in [-0.05, 0) is 49.7 Å². The van der Waals surface area contributed by atoms with E-state index in [2.05, 4.69) is 21.2 Å². The fourth-order valence-electron chi connectivity index (χ4n) is 2.90. The first-order valence-corrected chi connectivity index (χ1v) is 9.47. The van der Waals surface area contributed by atoms with Gasteiger partial charge >= 0.3 is 0 Å². The SMILES string of the molecule is CCn1cc(C(=O)NC(C)c2ccc(Br)cc2)c(=O)c2cc(Cl)ccc21. The topological polar surface area (TPSA) is 51.1 Å². The molecule has 3 rings (SSSR count). The van der Waals surface area contributed by atoms with Gasteiger partial charge in [-0.3, -0.25) is 9.59 Å². The fraction of sp³-hybridized carbons (Fsp3) is 0.200. The molecule has 1 aromatic heterocycles. The quantitative estimate of drug-likeness (QED) is 0.634. The van der Waals surface area contributed by atoms with E-state index in [1.165, 1.54) is 0 Å². The highest BCUT2D eigenvalue weighted by atomic mass is 79.9. The number of aromatic nitrogens is 1. The number of hydrogen-bond donors (Lipinski definition) is 1. The second-order valence-corrected chi connectivity index (χ2v) is 7.42. The van der Waals surface area contributed by atoms with Gasteiger partial charge < -0.3 is 9.88 Å². The molecule has 6 heteroatoms. The maximum atomic E-state index is 12.8. The van der Waals surface area contributed by atoms with Crippen molar-refractivity contribution in [2.24, 2.45) is 0 Å². The smallest absolute Gasteiger partial charge is 0.257 e. The molecule has 2 aromatic carbocycles. The zero-order valence-corrected chi connectivity index (χ0v) is 16.8. The molecule has 1 heterocycles. The maximum Gasteiger partial charge on any atom is 0.257 e. The lowest BCUT2D eigenvalue weighted by atomic mass is 10.1. The number of carbonyl (C=O) groups is 1. The molecule has 1 unspecified atom stereocenters. The lowest BCUT2D eigenvalue weighted by Gasteiger charge is -2.16. The van der Waals surface area contributed by atoms with Crippen LogP contribution in [0.1, 0.15) is 35.8 Å². The van der Waals surface area contributed by atoms with Crippen molar-refractivity contribution in [3.05, 3.63) is 79.5 Å². The number of aryl methyl sites for hydroxylation is 1. The van der Waals surface area contributed by atoms with Crippen LogP contribution in [-0.4, -0.2) is 10.5 Å². The minimum absolute atomic E-state index is 0.116. The zero-order chi connectivity index (χ0) is 18.8. The third-order valence-electron chi connectivity index (χ3n) is 4.35. The predicted octanol–water partition coefficient (Wildman–Crippen LogP) is 4.93. The summed E-state index contributed by atoms with van der Waals surface area (Å²) in [5.74, 6) is -0.394. The van der Waals surface area contributed by atoms with Gasteiger partial charge in [0.15, 0.2) is 0 Å². The van der Waals surface area contributed by atoms with Crippen LogP contribution < -0.4 is 10.7 Å². The van der Waals surface area contributed by atoms with Crippen molar-refractivity contribution in [2.45, 2.75) is 26.4 Å². The molecular weight excluding hydrogens is 416 g/mol. The van der Waals surface area contributed by atoms with Crippen molar-refractivity contribution in [3.8, 4) is 0 Å². The van der Waals surface area contributed by atoms with Crippen LogP contribution in [0, 0.1) is 0 Å². The predicted molar refractivity (Wildman–Crippen MR) is 109 cm³/mol. The number of nitrogens with zero attached hydrogens (tertiary/aromatic N) is 1. The van der Waals surface area contributed by atoms with E-state index >= 15 is 0 Å². The summed E-state index contributed by atoms with van der Waals surface area (Å²) >= 11 is 9.44. The largest absolute Gasteiger partial charge is 0.347 e. The summed E-state index contributed by atoms with van der Waals surface area (Å²) in [6.45, 7) is 4.49. The molecule has 0 radical (unpaired) electrons.